The first-order chi connectivity index (χ1) is 11.2. The molecule has 0 aliphatic carbocycles. The zero-order chi connectivity index (χ0) is 17.2. The second kappa shape index (κ2) is 16.8. The summed E-state index contributed by atoms with van der Waals surface area (Å²) in [4.78, 5) is 22.9. The van der Waals surface area contributed by atoms with Gasteiger partial charge in [-0.05, 0) is 38.5 Å². The lowest BCUT2D eigenvalue weighted by molar-refractivity contribution is -0.146. The molecule has 0 amide bonds. The average molecular weight is 330 g/mol. The molecule has 6 heteroatoms. The molecular weight excluding hydrogens is 300 g/mol. The zero-order valence-corrected chi connectivity index (χ0v) is 14.2. The molecule has 0 aromatic rings. The van der Waals surface area contributed by atoms with Crippen LogP contribution in [0.2, 0.25) is 0 Å². The van der Waals surface area contributed by atoms with Crippen molar-refractivity contribution in [2.75, 3.05) is 33.5 Å². The molecule has 0 N–H and O–H groups in total. The molecule has 134 valence electrons. The third kappa shape index (κ3) is 16.6. The molecule has 0 saturated carbocycles. The van der Waals surface area contributed by atoms with Gasteiger partial charge in [-0.25, -0.2) is 0 Å². The lowest BCUT2D eigenvalue weighted by Gasteiger charge is -2.06. The van der Waals surface area contributed by atoms with E-state index in [-0.39, 0.29) is 11.9 Å². The van der Waals surface area contributed by atoms with Gasteiger partial charge in [0.15, 0.2) is 0 Å². The minimum Gasteiger partial charge on any atom is -0.502 e. The number of rotatable bonds is 16. The topological polar surface area (TPSA) is 71.1 Å². The first kappa shape index (κ1) is 21.4. The first-order valence-electron chi connectivity index (χ1n) is 8.23. The van der Waals surface area contributed by atoms with Crippen LogP contribution in [0.3, 0.4) is 0 Å². The Hall–Kier alpha value is -1.56. The monoisotopic (exact) mass is 330 g/mol. The molecule has 0 fully saturated rings. The van der Waals surface area contributed by atoms with Gasteiger partial charge in [-0.2, -0.15) is 0 Å². The van der Waals surface area contributed by atoms with Crippen LogP contribution in [0.5, 0.6) is 0 Å². The van der Waals surface area contributed by atoms with Crippen LogP contribution in [0, 0.1) is 0 Å². The van der Waals surface area contributed by atoms with E-state index in [9.17, 15) is 9.59 Å². The van der Waals surface area contributed by atoms with E-state index in [1.54, 1.807) is 7.11 Å². The van der Waals surface area contributed by atoms with Crippen LogP contribution < -0.4 is 0 Å². The predicted molar refractivity (Wildman–Crippen MR) is 86.9 cm³/mol. The van der Waals surface area contributed by atoms with Gasteiger partial charge in [-0.15, -0.1) is 0 Å². The predicted octanol–water partition coefficient (Wildman–Crippen LogP) is 3.00. The summed E-state index contributed by atoms with van der Waals surface area (Å²) in [5.74, 6) is -0.430. The highest BCUT2D eigenvalue weighted by molar-refractivity contribution is 5.70. The van der Waals surface area contributed by atoms with Gasteiger partial charge >= 0.3 is 11.9 Å². The Morgan fingerprint density at radius 2 is 1.26 bits per heavy atom. The summed E-state index contributed by atoms with van der Waals surface area (Å²) < 4.78 is 20.0. The maximum absolute atomic E-state index is 11.5. The van der Waals surface area contributed by atoms with Gasteiger partial charge in [0.2, 0.25) is 0 Å². The van der Waals surface area contributed by atoms with E-state index in [0.717, 1.165) is 25.7 Å². The van der Waals surface area contributed by atoms with Crippen LogP contribution in [-0.4, -0.2) is 45.5 Å². The molecule has 0 rings (SSSR count). The quantitative estimate of drug-likeness (QED) is 0.246. The minimum atomic E-state index is -0.220. The maximum Gasteiger partial charge on any atom is 0.305 e. The van der Waals surface area contributed by atoms with E-state index in [1.807, 2.05) is 0 Å². The van der Waals surface area contributed by atoms with Crippen LogP contribution in [0.1, 0.15) is 51.4 Å². The van der Waals surface area contributed by atoms with E-state index < -0.39 is 0 Å². The van der Waals surface area contributed by atoms with Gasteiger partial charge in [-0.1, -0.05) is 6.58 Å². The minimum absolute atomic E-state index is 0.210. The van der Waals surface area contributed by atoms with Gasteiger partial charge in [0.1, 0.15) is 0 Å². The van der Waals surface area contributed by atoms with Crippen LogP contribution >= 0.6 is 0 Å². The Morgan fingerprint density at radius 3 is 1.74 bits per heavy atom. The number of esters is 2. The molecule has 23 heavy (non-hydrogen) atoms. The zero-order valence-electron chi connectivity index (χ0n) is 14.2. The molecular formula is C17H30O6. The first-order valence-corrected chi connectivity index (χ1v) is 8.23. The van der Waals surface area contributed by atoms with E-state index >= 15 is 0 Å². The summed E-state index contributed by atoms with van der Waals surface area (Å²) in [7, 11) is 1.65. The molecule has 0 aromatic carbocycles. The normalized spacial score (nSPS) is 10.1. The van der Waals surface area contributed by atoms with E-state index in [0.29, 0.717) is 52.1 Å². The fourth-order valence-corrected chi connectivity index (χ4v) is 1.77. The fraction of sp³-hybridized carbons (Fsp3) is 0.765. The summed E-state index contributed by atoms with van der Waals surface area (Å²) >= 11 is 0. The van der Waals surface area contributed by atoms with Crippen molar-refractivity contribution >= 4 is 11.9 Å². The number of unbranched alkanes of at least 4 members (excludes halogenated alkanes) is 3. The average Bonchev–Trinajstić information content (AvgIpc) is 2.54. The van der Waals surface area contributed by atoms with Crippen molar-refractivity contribution in [3.63, 3.8) is 0 Å². The highest BCUT2D eigenvalue weighted by atomic mass is 16.5. The number of hydrogen-bond donors (Lipinski definition) is 0. The van der Waals surface area contributed by atoms with E-state index in [4.69, 9.17) is 18.9 Å². The molecule has 0 unspecified atom stereocenters. The van der Waals surface area contributed by atoms with Gasteiger partial charge in [0.25, 0.3) is 0 Å². The number of carbonyl (C=O) groups is 2. The molecule has 6 nitrogen and oxygen atoms in total. The Morgan fingerprint density at radius 1 is 0.783 bits per heavy atom. The van der Waals surface area contributed by atoms with Gasteiger partial charge < -0.3 is 18.9 Å². The number of methoxy groups -OCH3 is 1. The van der Waals surface area contributed by atoms with Crippen molar-refractivity contribution in [2.45, 2.75) is 51.4 Å². The molecule has 0 spiro atoms. The molecule has 0 aromatic heterocycles. The lowest BCUT2D eigenvalue weighted by atomic mass is 10.2. The van der Waals surface area contributed by atoms with E-state index in [2.05, 4.69) is 6.58 Å². The van der Waals surface area contributed by atoms with Gasteiger partial charge in [0, 0.05) is 26.6 Å². The van der Waals surface area contributed by atoms with Crippen LogP contribution in [-0.2, 0) is 28.5 Å². The fourth-order valence-electron chi connectivity index (χ4n) is 1.77. The third-order valence-electron chi connectivity index (χ3n) is 3.06. The van der Waals surface area contributed by atoms with Crippen molar-refractivity contribution in [3.05, 3.63) is 12.8 Å². The smallest absolute Gasteiger partial charge is 0.305 e. The summed E-state index contributed by atoms with van der Waals surface area (Å²) in [6.07, 6.45) is 6.65. The lowest BCUT2D eigenvalue weighted by Crippen LogP contribution is -2.08. The SMILES string of the molecule is C=COCCCCOC(=O)CCCCC(=O)OCCCCOC. The second-order valence-corrected chi connectivity index (χ2v) is 5.09. The van der Waals surface area contributed by atoms with Crippen molar-refractivity contribution in [2.24, 2.45) is 0 Å². The van der Waals surface area contributed by atoms with Crippen molar-refractivity contribution in [3.8, 4) is 0 Å². The molecule has 0 saturated heterocycles. The summed E-state index contributed by atoms with van der Waals surface area (Å²) in [6, 6.07) is 0. The van der Waals surface area contributed by atoms with E-state index in [1.165, 1.54) is 6.26 Å². The molecule has 0 atom stereocenters. The number of carbonyl (C=O) groups excluding carboxylic acids is 2. The maximum atomic E-state index is 11.5. The number of ether oxygens (including phenoxy) is 4. The summed E-state index contributed by atoms with van der Waals surface area (Å²) in [5, 5.41) is 0. The Labute approximate surface area is 139 Å². The number of hydrogen-bond acceptors (Lipinski definition) is 6. The molecule has 0 bridgehead atoms. The Kier molecular flexibility index (Phi) is 15.7. The van der Waals surface area contributed by atoms with Gasteiger partial charge in [-0.3, -0.25) is 9.59 Å². The molecule has 0 radical (unpaired) electrons. The Bertz CT molecular complexity index is 316. The molecule has 0 aliphatic rings. The second-order valence-electron chi connectivity index (χ2n) is 5.09. The van der Waals surface area contributed by atoms with Crippen LogP contribution in [0.4, 0.5) is 0 Å². The third-order valence-corrected chi connectivity index (χ3v) is 3.06. The van der Waals surface area contributed by atoms with Crippen molar-refractivity contribution in [1.82, 2.24) is 0 Å². The van der Waals surface area contributed by atoms with Gasteiger partial charge in [0.05, 0.1) is 26.1 Å². The highest BCUT2D eigenvalue weighted by Crippen LogP contribution is 2.04. The highest BCUT2D eigenvalue weighted by Gasteiger charge is 2.06. The molecule has 0 heterocycles. The Balaban J connectivity index is 3.33. The van der Waals surface area contributed by atoms with Crippen LogP contribution in [0.15, 0.2) is 12.8 Å². The largest absolute Gasteiger partial charge is 0.502 e. The molecule has 0 aliphatic heterocycles. The van der Waals surface area contributed by atoms with Crippen LogP contribution in [0.25, 0.3) is 0 Å². The summed E-state index contributed by atoms with van der Waals surface area (Å²) in [5.41, 5.74) is 0. The van der Waals surface area contributed by atoms with Crippen molar-refractivity contribution < 1.29 is 28.5 Å². The standard InChI is InChI=1S/C17H30O6/c1-3-21-13-7-9-15-23-17(19)11-5-4-10-16(18)22-14-8-6-12-20-2/h3H,1,4-15H2,2H3. The van der Waals surface area contributed by atoms with Crippen molar-refractivity contribution in [1.29, 1.82) is 0 Å². The summed E-state index contributed by atoms with van der Waals surface area (Å²) in [6.45, 7) is 5.55.